The Morgan fingerprint density at radius 2 is 0.912 bits per heavy atom. The van der Waals surface area contributed by atoms with E-state index in [1.54, 1.807) is 0 Å². The first-order valence-electron chi connectivity index (χ1n) is 22.8. The fourth-order valence-electron chi connectivity index (χ4n) is 9.08. The van der Waals surface area contributed by atoms with Crippen molar-refractivity contribution in [3.8, 4) is 22.8 Å². The van der Waals surface area contributed by atoms with Crippen molar-refractivity contribution in [3.05, 3.63) is 211 Å². The molecule has 0 spiro atoms. The summed E-state index contributed by atoms with van der Waals surface area (Å²) in [6.45, 7) is 8.32. The predicted molar refractivity (Wildman–Crippen MR) is 283 cm³/mol. The minimum absolute atomic E-state index is 0.345. The molecule has 0 atom stereocenters. The van der Waals surface area contributed by atoms with Gasteiger partial charge >= 0.3 is 7.12 Å². The van der Waals surface area contributed by atoms with Gasteiger partial charge in [0.1, 0.15) is 5.82 Å². The zero-order chi connectivity index (χ0) is 46.4. The summed E-state index contributed by atoms with van der Waals surface area (Å²) in [6.07, 6.45) is 3.69. The van der Waals surface area contributed by atoms with Crippen molar-refractivity contribution in [2.75, 3.05) is 0 Å². The Morgan fingerprint density at radius 3 is 1.51 bits per heavy atom. The summed E-state index contributed by atoms with van der Waals surface area (Å²) < 4.78 is 17.7. The largest absolute Gasteiger partial charge is 0.495 e. The van der Waals surface area contributed by atoms with Crippen LogP contribution in [0.15, 0.2) is 211 Å². The van der Waals surface area contributed by atoms with Gasteiger partial charge in [0.05, 0.1) is 44.3 Å². The minimum atomic E-state index is -0.366. The molecule has 0 saturated carbocycles. The summed E-state index contributed by atoms with van der Waals surface area (Å²) in [5.41, 5.74) is 9.95. The number of aromatic nitrogens is 6. The van der Waals surface area contributed by atoms with Crippen LogP contribution in [0.3, 0.4) is 0 Å². The molecule has 68 heavy (non-hydrogen) atoms. The number of hydrogen-bond acceptors (Lipinski definition) is 6. The highest BCUT2D eigenvalue weighted by molar-refractivity contribution is 9.10. The number of imidazole rings is 2. The van der Waals surface area contributed by atoms with Gasteiger partial charge in [0.15, 0.2) is 4.73 Å². The highest BCUT2D eigenvalue weighted by Gasteiger charge is 2.52. The number of hydrogen-bond donors (Lipinski definition) is 0. The Hall–Kier alpha value is -7.50. The van der Waals surface area contributed by atoms with E-state index in [1.165, 1.54) is 0 Å². The maximum Gasteiger partial charge on any atom is 0.495 e. The average Bonchev–Trinajstić information content (AvgIpc) is 4.00. The number of pyridine rings is 2. The summed E-state index contributed by atoms with van der Waals surface area (Å²) in [5.74, 6) is 0.944. The summed E-state index contributed by atoms with van der Waals surface area (Å²) >= 11 is 3.50. The maximum absolute atomic E-state index is 6.26. The molecule has 0 aliphatic carbocycles. The number of para-hydroxylation sites is 6. The van der Waals surface area contributed by atoms with Gasteiger partial charge in [-0.2, -0.15) is 0 Å². The van der Waals surface area contributed by atoms with E-state index in [4.69, 9.17) is 14.3 Å². The van der Waals surface area contributed by atoms with Crippen molar-refractivity contribution in [2.45, 2.75) is 38.9 Å². The molecule has 8 aromatic carbocycles. The summed E-state index contributed by atoms with van der Waals surface area (Å²) in [7, 11) is -0.366. The normalized spacial score (nSPS) is 14.0. The number of rotatable bonds is 4. The van der Waals surface area contributed by atoms with Crippen LogP contribution in [0.4, 0.5) is 0 Å². The van der Waals surface area contributed by atoms with Crippen LogP contribution in [0.1, 0.15) is 27.7 Å². The van der Waals surface area contributed by atoms with Gasteiger partial charge in [0, 0.05) is 50.9 Å². The molecular weight excluding hydrogens is 903 g/mol. The van der Waals surface area contributed by atoms with Gasteiger partial charge in [-0.15, -0.1) is 0 Å². The Kier molecular flexibility index (Phi) is 11.2. The van der Waals surface area contributed by atoms with E-state index in [1.807, 2.05) is 85.2 Å². The Morgan fingerprint density at radius 1 is 0.456 bits per heavy atom. The molecule has 12 aromatic rings. The van der Waals surface area contributed by atoms with E-state index in [9.17, 15) is 0 Å². The quantitative estimate of drug-likeness (QED) is 0.129. The topological polar surface area (TPSA) is 79.9 Å². The molecule has 10 heteroatoms. The first-order valence-corrected chi connectivity index (χ1v) is 23.5. The van der Waals surface area contributed by atoms with Gasteiger partial charge < -0.3 is 9.31 Å². The van der Waals surface area contributed by atoms with E-state index < -0.39 is 0 Å². The van der Waals surface area contributed by atoms with Crippen LogP contribution in [-0.4, -0.2) is 47.4 Å². The molecular formula is C58H46BBrN6O2. The molecule has 1 fully saturated rings. The van der Waals surface area contributed by atoms with Crippen molar-refractivity contribution >= 4 is 93.9 Å². The number of benzene rings is 8. The van der Waals surface area contributed by atoms with Gasteiger partial charge in [0.2, 0.25) is 0 Å². The van der Waals surface area contributed by atoms with Gasteiger partial charge in [-0.1, -0.05) is 127 Å². The van der Waals surface area contributed by atoms with Crippen molar-refractivity contribution in [1.82, 2.24) is 29.1 Å². The number of halogens is 1. The minimum Gasteiger partial charge on any atom is -0.399 e. The molecule has 330 valence electrons. The highest BCUT2D eigenvalue weighted by atomic mass is 79.9. The maximum atomic E-state index is 6.26. The second kappa shape index (κ2) is 17.6. The third kappa shape index (κ3) is 7.80. The van der Waals surface area contributed by atoms with Gasteiger partial charge in [0.25, 0.3) is 0 Å². The standard InChI is InChI=1S/C26H17N3.C19H20BNO2.C13H9BrN2/c1-2-10-19(11-3-1)29-24-15-7-6-14-23(24)28-26(29)22-17-18-9-8-16-27-25(18)21-13-5-4-12-20(21)22;1-18(2)19(3,4)23-20(22-18)16-12-13-8-7-11-21-17(13)15-10-6-5-9-14(15)16;14-13-15-11-8-4-5-9-12(11)16(13)10-6-2-1-3-7-10/h1-17H;5-12H,1-4H3;1-9H. The Labute approximate surface area is 403 Å². The molecule has 8 nitrogen and oxygen atoms in total. The van der Waals surface area contributed by atoms with Crippen LogP contribution in [0.5, 0.6) is 0 Å². The molecule has 13 rings (SSSR count). The molecule has 1 saturated heterocycles. The van der Waals surface area contributed by atoms with Crippen molar-refractivity contribution in [1.29, 1.82) is 0 Å². The fraction of sp³-hybridized carbons (Fsp3) is 0.103. The van der Waals surface area contributed by atoms with E-state index in [0.29, 0.717) is 0 Å². The molecule has 1 aliphatic heterocycles. The van der Waals surface area contributed by atoms with Crippen LogP contribution < -0.4 is 5.46 Å². The molecule has 0 N–H and O–H groups in total. The highest BCUT2D eigenvalue weighted by Crippen LogP contribution is 2.39. The number of nitrogens with zero attached hydrogens (tertiary/aromatic N) is 6. The zero-order valence-electron chi connectivity index (χ0n) is 38.1. The summed E-state index contributed by atoms with van der Waals surface area (Å²) in [6, 6.07) is 66.3. The molecule has 0 unspecified atom stereocenters. The Balaban J connectivity index is 0.000000117. The van der Waals surface area contributed by atoms with E-state index in [2.05, 4.69) is 189 Å². The second-order valence-corrected chi connectivity index (χ2v) is 18.6. The lowest BCUT2D eigenvalue weighted by atomic mass is 9.75. The van der Waals surface area contributed by atoms with Crippen LogP contribution in [0, 0.1) is 0 Å². The van der Waals surface area contributed by atoms with Crippen molar-refractivity contribution in [3.63, 3.8) is 0 Å². The second-order valence-electron chi connectivity index (χ2n) is 17.9. The van der Waals surface area contributed by atoms with Crippen LogP contribution in [-0.2, 0) is 9.31 Å². The summed E-state index contributed by atoms with van der Waals surface area (Å²) in [4.78, 5) is 18.7. The molecule has 0 bridgehead atoms. The zero-order valence-corrected chi connectivity index (χ0v) is 39.7. The molecule has 0 radical (unpaired) electrons. The van der Waals surface area contributed by atoms with E-state index in [-0.39, 0.29) is 18.3 Å². The van der Waals surface area contributed by atoms with Crippen molar-refractivity contribution in [2.24, 2.45) is 0 Å². The lowest BCUT2D eigenvalue weighted by Gasteiger charge is -2.32. The van der Waals surface area contributed by atoms with Crippen LogP contribution in [0.2, 0.25) is 0 Å². The Bertz CT molecular complexity index is 3780. The van der Waals surface area contributed by atoms with E-state index in [0.717, 1.165) is 98.4 Å². The molecule has 5 heterocycles. The van der Waals surface area contributed by atoms with Crippen LogP contribution >= 0.6 is 15.9 Å². The average molecular weight is 950 g/mol. The molecule has 0 amide bonds. The van der Waals surface area contributed by atoms with Gasteiger partial charge in [-0.3, -0.25) is 19.1 Å². The third-order valence-corrected chi connectivity index (χ3v) is 13.6. The first kappa shape index (κ1) is 43.1. The van der Waals surface area contributed by atoms with Gasteiger partial charge in [-0.25, -0.2) is 9.97 Å². The van der Waals surface area contributed by atoms with E-state index >= 15 is 0 Å². The summed E-state index contributed by atoms with van der Waals surface area (Å²) in [5, 5.41) is 6.80. The fourth-order valence-corrected chi connectivity index (χ4v) is 9.66. The molecule has 1 aliphatic rings. The molecule has 4 aromatic heterocycles. The third-order valence-electron chi connectivity index (χ3n) is 13.1. The smallest absolute Gasteiger partial charge is 0.399 e. The first-order chi connectivity index (χ1) is 33.1. The van der Waals surface area contributed by atoms with Crippen LogP contribution in [0.25, 0.3) is 88.2 Å². The monoisotopic (exact) mass is 948 g/mol. The lowest BCUT2D eigenvalue weighted by Crippen LogP contribution is -2.41. The van der Waals surface area contributed by atoms with Gasteiger partial charge in [-0.05, 0) is 127 Å². The predicted octanol–water partition coefficient (Wildman–Crippen LogP) is 13.9. The lowest BCUT2D eigenvalue weighted by molar-refractivity contribution is 0.00578. The van der Waals surface area contributed by atoms with Crippen molar-refractivity contribution < 1.29 is 9.31 Å². The SMILES string of the molecule is Brc1nc2ccccc2n1-c1ccccc1.CC1(C)OB(c2cc3cccnc3c3ccccc23)OC1(C)C.c1ccc(-n2c(-c3cc4cccnc4c4ccccc34)nc3ccccc32)cc1. The number of fused-ring (bicyclic) bond motifs is 8.